The molecule has 2 heterocycles. The lowest BCUT2D eigenvalue weighted by molar-refractivity contribution is -0.142. The summed E-state index contributed by atoms with van der Waals surface area (Å²) < 4.78 is 1.94. The molecule has 5 heteroatoms. The first kappa shape index (κ1) is 11.9. The van der Waals surface area contributed by atoms with E-state index in [4.69, 9.17) is 5.11 Å². The van der Waals surface area contributed by atoms with Crippen LogP contribution in [0.3, 0.4) is 0 Å². The predicted octanol–water partition coefficient (Wildman–Crippen LogP) is 1.90. The van der Waals surface area contributed by atoms with Gasteiger partial charge in [-0.25, -0.2) is 0 Å². The van der Waals surface area contributed by atoms with Crippen LogP contribution in [-0.2, 0) is 17.8 Å². The SMILES string of the molecule is Cc1cccc(-c2nnc3n2C[C@H](C(=O)O)CC3)c1. The molecule has 19 heavy (non-hydrogen) atoms. The number of carboxylic acid groups (broad SMARTS) is 1. The average molecular weight is 257 g/mol. The van der Waals surface area contributed by atoms with E-state index in [0.29, 0.717) is 19.4 Å². The smallest absolute Gasteiger partial charge is 0.308 e. The highest BCUT2D eigenvalue weighted by atomic mass is 16.4. The highest BCUT2D eigenvalue weighted by Crippen LogP contribution is 2.26. The van der Waals surface area contributed by atoms with Gasteiger partial charge in [0.2, 0.25) is 0 Å². The molecule has 0 bridgehead atoms. The highest BCUT2D eigenvalue weighted by molar-refractivity contribution is 5.70. The number of carboxylic acids is 1. The van der Waals surface area contributed by atoms with Crippen LogP contribution in [0.4, 0.5) is 0 Å². The molecule has 0 spiro atoms. The van der Waals surface area contributed by atoms with Crippen LogP contribution in [0.25, 0.3) is 11.4 Å². The van der Waals surface area contributed by atoms with Gasteiger partial charge < -0.3 is 9.67 Å². The monoisotopic (exact) mass is 257 g/mol. The fourth-order valence-corrected chi connectivity index (χ4v) is 2.53. The van der Waals surface area contributed by atoms with Crippen LogP contribution in [0.2, 0.25) is 0 Å². The van der Waals surface area contributed by atoms with Crippen LogP contribution >= 0.6 is 0 Å². The third-order valence-electron chi connectivity index (χ3n) is 3.57. The number of aliphatic carboxylic acids is 1. The molecule has 1 aliphatic rings. The van der Waals surface area contributed by atoms with Crippen molar-refractivity contribution in [3.8, 4) is 11.4 Å². The number of rotatable bonds is 2. The van der Waals surface area contributed by atoms with Crippen molar-refractivity contribution in [3.05, 3.63) is 35.7 Å². The van der Waals surface area contributed by atoms with Crippen LogP contribution in [0.5, 0.6) is 0 Å². The van der Waals surface area contributed by atoms with E-state index in [1.807, 2.05) is 35.8 Å². The lowest BCUT2D eigenvalue weighted by atomic mass is 9.99. The summed E-state index contributed by atoms with van der Waals surface area (Å²) in [5, 5.41) is 17.6. The molecule has 98 valence electrons. The maximum atomic E-state index is 11.1. The number of carbonyl (C=O) groups is 1. The normalized spacial score (nSPS) is 18.1. The second kappa shape index (κ2) is 4.50. The van der Waals surface area contributed by atoms with Crippen molar-refractivity contribution in [1.29, 1.82) is 0 Å². The fourth-order valence-electron chi connectivity index (χ4n) is 2.53. The third-order valence-corrected chi connectivity index (χ3v) is 3.57. The molecular formula is C14H15N3O2. The summed E-state index contributed by atoms with van der Waals surface area (Å²) in [6.07, 6.45) is 1.32. The number of hydrogen-bond acceptors (Lipinski definition) is 3. The first-order valence-corrected chi connectivity index (χ1v) is 6.37. The first-order valence-electron chi connectivity index (χ1n) is 6.37. The largest absolute Gasteiger partial charge is 0.481 e. The van der Waals surface area contributed by atoms with Gasteiger partial charge >= 0.3 is 5.97 Å². The molecule has 1 aromatic carbocycles. The molecule has 1 N–H and O–H groups in total. The molecule has 0 saturated carbocycles. The van der Waals surface area contributed by atoms with Gasteiger partial charge in [0.25, 0.3) is 0 Å². The van der Waals surface area contributed by atoms with Crippen LogP contribution in [0, 0.1) is 12.8 Å². The first-order chi connectivity index (χ1) is 9.15. The fraction of sp³-hybridized carbons (Fsp3) is 0.357. The van der Waals surface area contributed by atoms with E-state index in [1.165, 1.54) is 0 Å². The average Bonchev–Trinajstić information content (AvgIpc) is 2.81. The molecule has 0 fully saturated rings. The maximum Gasteiger partial charge on any atom is 0.308 e. The Labute approximate surface area is 110 Å². The molecular weight excluding hydrogens is 242 g/mol. The summed E-state index contributed by atoms with van der Waals surface area (Å²) in [7, 11) is 0. The van der Waals surface area contributed by atoms with Crippen molar-refractivity contribution in [2.24, 2.45) is 5.92 Å². The van der Waals surface area contributed by atoms with Crippen molar-refractivity contribution in [1.82, 2.24) is 14.8 Å². The summed E-state index contributed by atoms with van der Waals surface area (Å²) in [6, 6.07) is 8.02. The minimum Gasteiger partial charge on any atom is -0.481 e. The molecule has 2 aromatic rings. The van der Waals surface area contributed by atoms with Crippen LogP contribution in [0.1, 0.15) is 17.8 Å². The number of aromatic nitrogens is 3. The quantitative estimate of drug-likeness (QED) is 0.892. The van der Waals surface area contributed by atoms with Gasteiger partial charge in [-0.1, -0.05) is 23.8 Å². The van der Waals surface area contributed by atoms with E-state index in [2.05, 4.69) is 10.2 Å². The minimum atomic E-state index is -0.741. The van der Waals surface area contributed by atoms with Crippen molar-refractivity contribution in [2.45, 2.75) is 26.3 Å². The molecule has 1 aliphatic heterocycles. The van der Waals surface area contributed by atoms with Crippen LogP contribution in [0.15, 0.2) is 24.3 Å². The zero-order valence-electron chi connectivity index (χ0n) is 10.7. The Balaban J connectivity index is 2.01. The van der Waals surface area contributed by atoms with E-state index >= 15 is 0 Å². The van der Waals surface area contributed by atoms with E-state index < -0.39 is 5.97 Å². The lowest BCUT2D eigenvalue weighted by Gasteiger charge is -2.21. The Kier molecular flexibility index (Phi) is 2.81. The Morgan fingerprint density at radius 3 is 3.00 bits per heavy atom. The van der Waals surface area contributed by atoms with Crippen LogP contribution < -0.4 is 0 Å². The van der Waals surface area contributed by atoms with Crippen molar-refractivity contribution in [3.63, 3.8) is 0 Å². The van der Waals surface area contributed by atoms with E-state index in [-0.39, 0.29) is 5.92 Å². The van der Waals surface area contributed by atoms with Gasteiger partial charge in [-0.3, -0.25) is 4.79 Å². The summed E-state index contributed by atoms with van der Waals surface area (Å²) in [6.45, 7) is 2.48. The summed E-state index contributed by atoms with van der Waals surface area (Å²) >= 11 is 0. The van der Waals surface area contributed by atoms with Gasteiger partial charge in [0.15, 0.2) is 5.82 Å². The number of fused-ring (bicyclic) bond motifs is 1. The molecule has 0 saturated heterocycles. The number of nitrogens with zero attached hydrogens (tertiary/aromatic N) is 3. The molecule has 5 nitrogen and oxygen atoms in total. The van der Waals surface area contributed by atoms with Crippen molar-refractivity contribution < 1.29 is 9.90 Å². The molecule has 1 aromatic heterocycles. The molecule has 0 amide bonds. The molecule has 0 radical (unpaired) electrons. The summed E-state index contributed by atoms with van der Waals surface area (Å²) in [4.78, 5) is 11.1. The summed E-state index contributed by atoms with van der Waals surface area (Å²) in [5.74, 6) is 0.570. The Hall–Kier alpha value is -2.17. The van der Waals surface area contributed by atoms with Crippen LogP contribution in [-0.4, -0.2) is 25.8 Å². The zero-order valence-corrected chi connectivity index (χ0v) is 10.7. The number of benzene rings is 1. The van der Waals surface area contributed by atoms with Gasteiger partial charge in [-0.05, 0) is 19.4 Å². The second-order valence-electron chi connectivity index (χ2n) is 4.99. The standard InChI is InChI=1S/C14H15N3O2/c1-9-3-2-4-10(7-9)13-16-15-12-6-5-11(14(18)19)8-17(12)13/h2-4,7,11H,5-6,8H2,1H3,(H,18,19)/t11-/m1/s1. The Morgan fingerprint density at radius 2 is 2.26 bits per heavy atom. The lowest BCUT2D eigenvalue weighted by Crippen LogP contribution is -2.27. The third kappa shape index (κ3) is 2.12. The predicted molar refractivity (Wildman–Crippen MR) is 69.6 cm³/mol. The molecule has 3 rings (SSSR count). The molecule has 1 atom stereocenters. The van der Waals surface area contributed by atoms with E-state index in [0.717, 1.165) is 22.8 Å². The van der Waals surface area contributed by atoms with Gasteiger partial charge in [0.1, 0.15) is 5.82 Å². The highest BCUT2D eigenvalue weighted by Gasteiger charge is 2.27. The second-order valence-corrected chi connectivity index (χ2v) is 4.99. The van der Waals surface area contributed by atoms with Gasteiger partial charge in [-0.15, -0.1) is 10.2 Å². The molecule has 0 unspecified atom stereocenters. The molecule has 0 aliphatic carbocycles. The zero-order chi connectivity index (χ0) is 13.4. The minimum absolute atomic E-state index is 0.341. The Bertz CT molecular complexity index is 633. The number of hydrogen-bond donors (Lipinski definition) is 1. The number of aryl methyl sites for hydroxylation is 2. The van der Waals surface area contributed by atoms with Gasteiger partial charge in [-0.2, -0.15) is 0 Å². The summed E-state index contributed by atoms with van der Waals surface area (Å²) in [5.41, 5.74) is 2.14. The van der Waals surface area contributed by atoms with Gasteiger partial charge in [0, 0.05) is 18.5 Å². The Morgan fingerprint density at radius 1 is 1.42 bits per heavy atom. The van der Waals surface area contributed by atoms with Crippen molar-refractivity contribution >= 4 is 5.97 Å². The topological polar surface area (TPSA) is 68.0 Å². The van der Waals surface area contributed by atoms with Crippen molar-refractivity contribution in [2.75, 3.05) is 0 Å². The van der Waals surface area contributed by atoms with E-state index in [9.17, 15) is 4.79 Å². The maximum absolute atomic E-state index is 11.1. The van der Waals surface area contributed by atoms with E-state index in [1.54, 1.807) is 0 Å². The van der Waals surface area contributed by atoms with Gasteiger partial charge in [0.05, 0.1) is 5.92 Å².